The highest BCUT2D eigenvalue weighted by molar-refractivity contribution is 5.89. The van der Waals surface area contributed by atoms with Gasteiger partial charge in [-0.1, -0.05) is 5.57 Å². The van der Waals surface area contributed by atoms with Crippen LogP contribution in [0.25, 0.3) is 0 Å². The number of nitriles is 1. The summed E-state index contributed by atoms with van der Waals surface area (Å²) in [5, 5.41) is 14.1. The molecule has 1 aromatic carbocycles. The van der Waals surface area contributed by atoms with Crippen LogP contribution in [0.2, 0.25) is 0 Å². The van der Waals surface area contributed by atoms with Crippen LogP contribution in [-0.4, -0.2) is 6.03 Å². The monoisotopic (exact) mass is 241 g/mol. The Morgan fingerprint density at radius 2 is 1.89 bits per heavy atom. The molecule has 4 nitrogen and oxygen atoms in total. The van der Waals surface area contributed by atoms with E-state index < -0.39 is 0 Å². The Kier molecular flexibility index (Phi) is 3.98. The molecule has 1 aliphatic rings. The lowest BCUT2D eigenvalue weighted by Gasteiger charge is -2.05. The number of allylic oxidation sites excluding steroid dienone is 1. The van der Waals surface area contributed by atoms with Crippen LogP contribution in [0.4, 0.5) is 10.5 Å². The maximum atomic E-state index is 11.6. The van der Waals surface area contributed by atoms with Gasteiger partial charge in [-0.3, -0.25) is 0 Å². The number of hydrogen-bond acceptors (Lipinski definition) is 2. The molecule has 1 aliphatic carbocycles. The van der Waals surface area contributed by atoms with Crippen LogP contribution in [0.15, 0.2) is 36.0 Å². The topological polar surface area (TPSA) is 64.9 Å². The fourth-order valence-electron chi connectivity index (χ4n) is 1.94. The Balaban J connectivity index is 1.86. The first-order valence-corrected chi connectivity index (χ1v) is 6.03. The average Bonchev–Trinajstić information content (AvgIpc) is 2.90. The van der Waals surface area contributed by atoms with E-state index in [0.29, 0.717) is 11.3 Å². The number of benzene rings is 1. The minimum absolute atomic E-state index is 0.251. The number of nitrogens with zero attached hydrogens (tertiary/aromatic N) is 1. The zero-order valence-electron chi connectivity index (χ0n) is 10.1. The zero-order chi connectivity index (χ0) is 12.8. The number of urea groups is 1. The van der Waals surface area contributed by atoms with Crippen LogP contribution in [0.3, 0.4) is 0 Å². The average molecular weight is 241 g/mol. The van der Waals surface area contributed by atoms with Crippen LogP contribution in [0.5, 0.6) is 0 Å². The first-order chi connectivity index (χ1) is 8.78. The van der Waals surface area contributed by atoms with Gasteiger partial charge in [0.05, 0.1) is 11.6 Å². The van der Waals surface area contributed by atoms with Gasteiger partial charge in [0.15, 0.2) is 0 Å². The summed E-state index contributed by atoms with van der Waals surface area (Å²) in [7, 11) is 0. The van der Waals surface area contributed by atoms with Crippen molar-refractivity contribution in [2.75, 3.05) is 5.32 Å². The van der Waals surface area contributed by atoms with Gasteiger partial charge < -0.3 is 10.6 Å². The van der Waals surface area contributed by atoms with Gasteiger partial charge in [-0.25, -0.2) is 4.79 Å². The Bertz CT molecular complexity index is 489. The highest BCUT2D eigenvalue weighted by atomic mass is 16.2. The summed E-state index contributed by atoms with van der Waals surface area (Å²) in [6, 6.07) is 8.54. The second kappa shape index (κ2) is 5.87. The minimum atomic E-state index is -0.251. The Hall–Kier alpha value is -2.28. The predicted molar refractivity (Wildman–Crippen MR) is 69.9 cm³/mol. The van der Waals surface area contributed by atoms with Gasteiger partial charge in [0.25, 0.3) is 0 Å². The van der Waals surface area contributed by atoms with Crippen LogP contribution < -0.4 is 10.6 Å². The molecular formula is C14H15N3O. The van der Waals surface area contributed by atoms with Crippen LogP contribution in [0.1, 0.15) is 31.2 Å². The van der Waals surface area contributed by atoms with Crippen molar-refractivity contribution in [1.29, 1.82) is 5.26 Å². The number of hydrogen-bond donors (Lipinski definition) is 2. The second-order valence-electron chi connectivity index (χ2n) is 4.30. The van der Waals surface area contributed by atoms with Crippen molar-refractivity contribution in [1.82, 2.24) is 5.32 Å². The molecule has 18 heavy (non-hydrogen) atoms. The highest BCUT2D eigenvalue weighted by Crippen LogP contribution is 2.22. The van der Waals surface area contributed by atoms with E-state index in [2.05, 4.69) is 10.6 Å². The molecule has 1 fully saturated rings. The summed E-state index contributed by atoms with van der Waals surface area (Å²) in [5.41, 5.74) is 2.55. The van der Waals surface area contributed by atoms with Crippen molar-refractivity contribution in [3.8, 4) is 6.07 Å². The van der Waals surface area contributed by atoms with E-state index in [9.17, 15) is 4.79 Å². The lowest BCUT2D eigenvalue weighted by Crippen LogP contribution is -2.24. The molecule has 0 bridgehead atoms. The Labute approximate surface area is 106 Å². The fraction of sp³-hybridized carbons (Fsp3) is 0.286. The third-order valence-corrected chi connectivity index (χ3v) is 2.93. The Morgan fingerprint density at radius 1 is 1.22 bits per heavy atom. The summed E-state index contributed by atoms with van der Waals surface area (Å²) in [6.07, 6.45) is 6.38. The molecule has 0 heterocycles. The maximum absolute atomic E-state index is 11.6. The smallest absolute Gasteiger partial charge is 0.314 e. The summed E-state index contributed by atoms with van der Waals surface area (Å²) < 4.78 is 0. The lowest BCUT2D eigenvalue weighted by molar-refractivity contribution is 0.255. The Morgan fingerprint density at radius 3 is 2.50 bits per heavy atom. The third kappa shape index (κ3) is 3.36. The largest absolute Gasteiger partial charge is 0.323 e. The van der Waals surface area contributed by atoms with Gasteiger partial charge in [-0.05, 0) is 49.9 Å². The molecular weight excluding hydrogens is 226 g/mol. The molecule has 0 saturated heterocycles. The second-order valence-corrected chi connectivity index (χ2v) is 4.30. The van der Waals surface area contributed by atoms with E-state index in [-0.39, 0.29) is 6.03 Å². The van der Waals surface area contributed by atoms with Gasteiger partial charge in [0.2, 0.25) is 0 Å². The molecule has 0 aromatic heterocycles. The van der Waals surface area contributed by atoms with Crippen molar-refractivity contribution in [3.63, 3.8) is 0 Å². The number of rotatable bonds is 2. The molecule has 0 unspecified atom stereocenters. The molecule has 1 aromatic rings. The molecule has 0 spiro atoms. The number of amides is 2. The standard InChI is InChI=1S/C14H15N3O/c15-9-11-5-7-13(8-6-11)17-14(18)16-10-12-3-1-2-4-12/h5-8,10H,1-4H2,(H2,16,17,18). The SMILES string of the molecule is N#Cc1ccc(NC(=O)NC=C2CCCC2)cc1. The zero-order valence-corrected chi connectivity index (χ0v) is 10.1. The minimum Gasteiger partial charge on any atom is -0.314 e. The number of carbonyl (C=O) groups excluding carboxylic acids is 1. The number of anilines is 1. The normalized spacial score (nSPS) is 13.8. The van der Waals surface area contributed by atoms with Crippen molar-refractivity contribution < 1.29 is 4.79 Å². The molecule has 1 saturated carbocycles. The van der Waals surface area contributed by atoms with Crippen molar-refractivity contribution >= 4 is 11.7 Å². The fourth-order valence-corrected chi connectivity index (χ4v) is 1.94. The number of carbonyl (C=O) groups is 1. The van der Waals surface area contributed by atoms with E-state index in [1.807, 2.05) is 6.07 Å². The van der Waals surface area contributed by atoms with Crippen molar-refractivity contribution in [2.24, 2.45) is 0 Å². The molecule has 2 N–H and O–H groups in total. The summed E-state index contributed by atoms with van der Waals surface area (Å²) in [5.74, 6) is 0. The molecule has 2 amide bonds. The molecule has 4 heteroatoms. The molecule has 0 aliphatic heterocycles. The summed E-state index contributed by atoms with van der Waals surface area (Å²) >= 11 is 0. The van der Waals surface area contributed by atoms with Gasteiger partial charge in [0, 0.05) is 11.9 Å². The number of nitrogens with one attached hydrogen (secondary N) is 2. The van der Waals surface area contributed by atoms with E-state index in [0.717, 1.165) is 12.8 Å². The van der Waals surface area contributed by atoms with Crippen molar-refractivity contribution in [2.45, 2.75) is 25.7 Å². The first-order valence-electron chi connectivity index (χ1n) is 6.03. The van der Waals surface area contributed by atoms with E-state index in [4.69, 9.17) is 5.26 Å². The maximum Gasteiger partial charge on any atom is 0.323 e. The van der Waals surface area contributed by atoms with Crippen LogP contribution in [0, 0.1) is 11.3 Å². The predicted octanol–water partition coefficient (Wildman–Crippen LogP) is 3.14. The van der Waals surface area contributed by atoms with E-state index in [1.165, 1.54) is 18.4 Å². The third-order valence-electron chi connectivity index (χ3n) is 2.93. The molecule has 92 valence electrons. The van der Waals surface area contributed by atoms with Crippen LogP contribution >= 0.6 is 0 Å². The molecule has 0 atom stereocenters. The first kappa shape index (κ1) is 12.2. The van der Waals surface area contributed by atoms with Crippen LogP contribution in [-0.2, 0) is 0 Å². The molecule has 0 radical (unpaired) electrons. The van der Waals surface area contributed by atoms with Crippen molar-refractivity contribution in [3.05, 3.63) is 41.6 Å². The summed E-state index contributed by atoms with van der Waals surface area (Å²) in [4.78, 5) is 11.6. The highest BCUT2D eigenvalue weighted by Gasteiger charge is 2.06. The van der Waals surface area contributed by atoms with E-state index >= 15 is 0 Å². The quantitative estimate of drug-likeness (QED) is 0.835. The van der Waals surface area contributed by atoms with Gasteiger partial charge in [0.1, 0.15) is 0 Å². The lowest BCUT2D eigenvalue weighted by atomic mass is 10.2. The molecule has 2 rings (SSSR count). The van der Waals surface area contributed by atoms with Gasteiger partial charge in [-0.15, -0.1) is 0 Å². The van der Waals surface area contributed by atoms with Gasteiger partial charge >= 0.3 is 6.03 Å². The van der Waals surface area contributed by atoms with E-state index in [1.54, 1.807) is 30.5 Å². The van der Waals surface area contributed by atoms with Gasteiger partial charge in [-0.2, -0.15) is 5.26 Å². The summed E-state index contributed by atoms with van der Waals surface area (Å²) in [6.45, 7) is 0.